The van der Waals surface area contributed by atoms with Crippen LogP contribution in [0.2, 0.25) is 0 Å². The van der Waals surface area contributed by atoms with E-state index in [2.05, 4.69) is 39.6 Å². The first-order chi connectivity index (χ1) is 14.9. The lowest BCUT2D eigenvalue weighted by Crippen LogP contribution is -2.51. The summed E-state index contributed by atoms with van der Waals surface area (Å²) in [6.07, 6.45) is 9.44. The van der Waals surface area contributed by atoms with Gasteiger partial charge in [0.15, 0.2) is 5.82 Å². The molecule has 1 aromatic carbocycles. The summed E-state index contributed by atoms with van der Waals surface area (Å²) in [5.41, 5.74) is 2.21. The smallest absolute Gasteiger partial charge is 0.309 e. The number of carbonyl (C=O) groups is 2. The Kier molecular flexibility index (Phi) is 5.31. The zero-order valence-electron chi connectivity index (χ0n) is 19.6. The number of aryl methyl sites for hydroxylation is 1. The normalized spacial score (nSPS) is 19.2. The summed E-state index contributed by atoms with van der Waals surface area (Å²) in [6.45, 7) is 5.94. The predicted octanol–water partition coefficient (Wildman–Crippen LogP) is 4.70. The molecule has 1 aliphatic carbocycles. The van der Waals surface area contributed by atoms with Crippen LogP contribution < -0.4 is 10.6 Å². The van der Waals surface area contributed by atoms with Crippen LogP contribution in [0.5, 0.6) is 0 Å². The molecule has 1 aromatic heterocycles. The number of anilines is 2. The second-order valence-corrected chi connectivity index (χ2v) is 14.6. The van der Waals surface area contributed by atoms with Crippen LogP contribution in [0.4, 0.5) is 20.7 Å². The van der Waals surface area contributed by atoms with Gasteiger partial charge >= 0.3 is 6.03 Å². The Morgan fingerprint density at radius 2 is 1.88 bits per heavy atom. The summed E-state index contributed by atoms with van der Waals surface area (Å²) in [5, 5.41) is 13.4. The van der Waals surface area contributed by atoms with Crippen molar-refractivity contribution in [3.8, 4) is 0 Å². The van der Waals surface area contributed by atoms with Crippen LogP contribution in [-0.2, 0) is 16.9 Å². The quantitative estimate of drug-likeness (QED) is 0.617. The zero-order valence-corrected chi connectivity index (χ0v) is 20.4. The van der Waals surface area contributed by atoms with Crippen molar-refractivity contribution in [1.82, 2.24) is 15.1 Å². The third kappa shape index (κ3) is 3.46. The molecule has 9 heteroatoms. The van der Waals surface area contributed by atoms with E-state index in [-0.39, 0.29) is 22.5 Å². The Hall–Kier alpha value is -2.55. The molecule has 0 radical (unpaired) electrons. The molecule has 0 unspecified atom stereocenters. The van der Waals surface area contributed by atoms with Crippen molar-refractivity contribution in [2.45, 2.75) is 56.9 Å². The average Bonchev–Trinajstić information content (AvgIpc) is 3.13. The molecule has 2 heterocycles. The molecule has 1 saturated carbocycles. The van der Waals surface area contributed by atoms with E-state index in [1.807, 2.05) is 13.8 Å². The molecule has 4 rings (SSSR count). The number of halogens is 1. The summed E-state index contributed by atoms with van der Waals surface area (Å²) in [5.74, 6) is 0.189. The lowest BCUT2D eigenvalue weighted by Gasteiger charge is -2.53. The highest BCUT2D eigenvalue weighted by Gasteiger charge is 2.51. The summed E-state index contributed by atoms with van der Waals surface area (Å²) >= 11 is 0. The fraction of sp³-hybridized carbons (Fsp3) is 0.522. The Balaban J connectivity index is 1.54. The predicted molar refractivity (Wildman–Crippen MR) is 128 cm³/mol. The summed E-state index contributed by atoms with van der Waals surface area (Å²) in [4.78, 5) is 28.1. The Bertz CT molecular complexity index is 1080. The summed E-state index contributed by atoms with van der Waals surface area (Å²) < 4.78 is 13.1. The number of aromatic nitrogens is 2. The third-order valence-corrected chi connectivity index (χ3v) is 10.1. The van der Waals surface area contributed by atoms with Crippen molar-refractivity contribution in [3.63, 3.8) is 0 Å². The topological polar surface area (TPSA) is 90.1 Å². The van der Waals surface area contributed by atoms with Crippen LogP contribution >= 0.6 is 10.0 Å². The van der Waals surface area contributed by atoms with E-state index in [4.69, 9.17) is 0 Å². The number of amides is 3. The van der Waals surface area contributed by atoms with Gasteiger partial charge in [-0.3, -0.25) is 9.89 Å². The average molecular weight is 462 g/mol. The van der Waals surface area contributed by atoms with E-state index in [1.165, 1.54) is 12.1 Å². The van der Waals surface area contributed by atoms with Gasteiger partial charge in [-0.2, -0.15) is 5.10 Å². The number of nitrogens with zero attached hydrogens (tertiary/aromatic N) is 2. The molecular formula is C23H32FN5O2S. The van der Waals surface area contributed by atoms with Gasteiger partial charge in [-0.25, -0.2) is 19.2 Å². The molecule has 0 atom stereocenters. The minimum Gasteiger partial charge on any atom is -0.309 e. The van der Waals surface area contributed by atoms with Gasteiger partial charge in [0.1, 0.15) is 5.82 Å². The van der Waals surface area contributed by atoms with Gasteiger partial charge in [-0.05, 0) is 82.6 Å². The van der Waals surface area contributed by atoms with E-state index in [0.717, 1.165) is 30.5 Å². The standard InChI is InChI=1S/C23H32FN5O2S/c1-14-12-15(24)8-9-17(14)25-21(31)29-13-16-18(22(29,2)3)27-28-19(16)26-20(30)23(10-7-11-23)32(4,5)6/h8-9,12H,7,10-11,13H2,1-6H3,(H,25,31)(H2,26,27,28,30). The monoisotopic (exact) mass is 461 g/mol. The number of aromatic amines is 1. The van der Waals surface area contributed by atoms with Crippen molar-refractivity contribution < 1.29 is 14.0 Å². The van der Waals surface area contributed by atoms with Crippen molar-refractivity contribution in [1.29, 1.82) is 0 Å². The van der Waals surface area contributed by atoms with Gasteiger partial charge in [-0.1, -0.05) is 0 Å². The molecule has 7 nitrogen and oxygen atoms in total. The van der Waals surface area contributed by atoms with E-state index < -0.39 is 15.6 Å². The van der Waals surface area contributed by atoms with Crippen molar-refractivity contribution >= 4 is 33.5 Å². The highest BCUT2D eigenvalue weighted by molar-refractivity contribution is 8.33. The van der Waals surface area contributed by atoms with Crippen molar-refractivity contribution in [2.24, 2.45) is 0 Å². The molecule has 0 bridgehead atoms. The molecule has 3 amide bonds. The van der Waals surface area contributed by atoms with Gasteiger partial charge in [0.25, 0.3) is 0 Å². The van der Waals surface area contributed by atoms with Gasteiger partial charge < -0.3 is 15.5 Å². The first-order valence-electron chi connectivity index (χ1n) is 10.8. The number of benzene rings is 1. The van der Waals surface area contributed by atoms with Crippen LogP contribution in [0, 0.1) is 12.7 Å². The highest BCUT2D eigenvalue weighted by Crippen LogP contribution is 2.60. The number of H-pyrrole nitrogens is 1. The highest BCUT2D eigenvalue weighted by atomic mass is 32.3. The van der Waals surface area contributed by atoms with Crippen LogP contribution in [0.25, 0.3) is 0 Å². The molecule has 3 N–H and O–H groups in total. The second kappa shape index (κ2) is 7.50. The molecular weight excluding hydrogens is 429 g/mol. The summed E-state index contributed by atoms with van der Waals surface area (Å²) in [6, 6.07) is 3.98. The maximum Gasteiger partial charge on any atom is 0.322 e. The lowest BCUT2D eigenvalue weighted by atomic mass is 9.83. The van der Waals surface area contributed by atoms with Crippen LogP contribution in [-0.4, -0.2) is 50.5 Å². The third-order valence-electron chi connectivity index (χ3n) is 7.12. The van der Waals surface area contributed by atoms with Crippen molar-refractivity contribution in [2.75, 3.05) is 29.4 Å². The number of hydrogen-bond acceptors (Lipinski definition) is 3. The number of urea groups is 1. The SMILES string of the molecule is Cc1cc(F)ccc1NC(=O)N1Cc2c(NC(=O)C3(S(C)(C)C)CCC3)n[nH]c2C1(C)C. The first-order valence-corrected chi connectivity index (χ1v) is 13.6. The van der Waals surface area contributed by atoms with Crippen LogP contribution in [0.15, 0.2) is 18.2 Å². The van der Waals surface area contributed by atoms with Crippen LogP contribution in [0.1, 0.15) is 49.9 Å². The van der Waals surface area contributed by atoms with E-state index in [9.17, 15) is 14.0 Å². The first kappa shape index (κ1) is 22.6. The second-order valence-electron chi connectivity index (χ2n) is 10.1. The molecule has 2 aromatic rings. The molecule has 174 valence electrons. The summed E-state index contributed by atoms with van der Waals surface area (Å²) in [7, 11) is -1.08. The number of carbonyl (C=O) groups excluding carboxylic acids is 2. The maximum atomic E-state index is 13.4. The fourth-order valence-electron chi connectivity index (χ4n) is 4.73. The minimum absolute atomic E-state index is 0.0307. The molecule has 1 fully saturated rings. The Labute approximate surface area is 189 Å². The van der Waals surface area contributed by atoms with Gasteiger partial charge in [0, 0.05) is 11.3 Å². The van der Waals surface area contributed by atoms with Gasteiger partial charge in [0.05, 0.1) is 22.5 Å². The maximum absolute atomic E-state index is 13.4. The van der Waals surface area contributed by atoms with Crippen molar-refractivity contribution in [3.05, 3.63) is 40.8 Å². The molecule has 32 heavy (non-hydrogen) atoms. The molecule has 2 aliphatic rings. The lowest BCUT2D eigenvalue weighted by molar-refractivity contribution is -0.120. The van der Waals surface area contributed by atoms with E-state index in [1.54, 1.807) is 17.9 Å². The Morgan fingerprint density at radius 1 is 1.19 bits per heavy atom. The number of nitrogens with one attached hydrogen (secondary N) is 3. The van der Waals surface area contributed by atoms with E-state index >= 15 is 0 Å². The van der Waals surface area contributed by atoms with Gasteiger partial charge in [0.2, 0.25) is 5.91 Å². The van der Waals surface area contributed by atoms with Crippen LogP contribution in [0.3, 0.4) is 0 Å². The van der Waals surface area contributed by atoms with E-state index in [0.29, 0.717) is 23.6 Å². The zero-order chi connectivity index (χ0) is 23.5. The fourth-order valence-corrected chi connectivity index (χ4v) is 6.85. The largest absolute Gasteiger partial charge is 0.322 e. The molecule has 0 spiro atoms. The Morgan fingerprint density at radius 3 is 2.44 bits per heavy atom. The molecule has 1 aliphatic heterocycles. The number of rotatable bonds is 4. The van der Waals surface area contributed by atoms with Gasteiger partial charge in [-0.15, -0.1) is 0 Å². The molecule has 0 saturated heterocycles. The number of fused-ring (bicyclic) bond motifs is 1. The minimum atomic E-state index is -1.08. The number of hydrogen-bond donors (Lipinski definition) is 3.